The van der Waals surface area contributed by atoms with E-state index in [2.05, 4.69) is 50.4 Å². The molecule has 1 heterocycles. The van der Waals surface area contributed by atoms with Crippen LogP contribution >= 0.6 is 0 Å². The summed E-state index contributed by atoms with van der Waals surface area (Å²) in [5.41, 5.74) is 4.48. The van der Waals surface area contributed by atoms with E-state index < -0.39 is 0 Å². The summed E-state index contributed by atoms with van der Waals surface area (Å²) in [6.45, 7) is 7.56. The van der Waals surface area contributed by atoms with Crippen LogP contribution in [-0.4, -0.2) is 26.2 Å². The van der Waals surface area contributed by atoms with Crippen molar-refractivity contribution in [2.24, 2.45) is 0 Å². The van der Waals surface area contributed by atoms with Gasteiger partial charge >= 0.3 is 0 Å². The van der Waals surface area contributed by atoms with Gasteiger partial charge in [0.05, 0.1) is 7.11 Å². The first-order chi connectivity index (χ1) is 15.8. The average Bonchev–Trinajstić information content (AvgIpc) is 2.82. The lowest BCUT2D eigenvalue weighted by Crippen LogP contribution is -2.16. The molecule has 0 spiro atoms. The molecular formula is C28H29NO4. The molecule has 0 atom stereocenters. The topological polar surface area (TPSA) is 56.8 Å². The van der Waals surface area contributed by atoms with Crippen molar-refractivity contribution >= 4 is 17.2 Å². The highest BCUT2D eigenvalue weighted by Crippen LogP contribution is 2.34. The number of para-hydroxylation sites is 1. The second kappa shape index (κ2) is 9.41. The number of nitrogens with one attached hydrogen (secondary N) is 1. The fourth-order valence-corrected chi connectivity index (χ4v) is 3.76. The molecule has 5 nitrogen and oxygen atoms in total. The maximum atomic E-state index is 13.1. The fraction of sp³-hybridized carbons (Fsp3) is 0.250. The number of rotatable bonds is 5. The van der Waals surface area contributed by atoms with Crippen LogP contribution in [0.4, 0.5) is 5.69 Å². The van der Waals surface area contributed by atoms with Gasteiger partial charge in [0.2, 0.25) is 5.91 Å². The molecule has 1 amide bonds. The first kappa shape index (κ1) is 22.5. The lowest BCUT2D eigenvalue weighted by Gasteiger charge is -2.20. The van der Waals surface area contributed by atoms with Gasteiger partial charge in [0, 0.05) is 23.4 Å². The van der Waals surface area contributed by atoms with E-state index in [1.165, 1.54) is 5.56 Å². The number of hydrogen-bond acceptors (Lipinski definition) is 4. The highest BCUT2D eigenvalue weighted by molar-refractivity contribution is 6.06. The number of benzene rings is 3. The van der Waals surface area contributed by atoms with Crippen LogP contribution in [0, 0.1) is 0 Å². The summed E-state index contributed by atoms with van der Waals surface area (Å²) in [5.74, 6) is 1.78. The smallest absolute Gasteiger partial charge is 0.249 e. The molecule has 5 heteroatoms. The van der Waals surface area contributed by atoms with Crippen molar-refractivity contribution in [3.8, 4) is 17.2 Å². The zero-order chi connectivity index (χ0) is 23.4. The highest BCUT2D eigenvalue weighted by atomic mass is 16.6. The van der Waals surface area contributed by atoms with Gasteiger partial charge in [-0.05, 0) is 40.3 Å². The zero-order valence-corrected chi connectivity index (χ0v) is 19.5. The van der Waals surface area contributed by atoms with Crippen LogP contribution in [0.5, 0.6) is 17.2 Å². The van der Waals surface area contributed by atoms with Gasteiger partial charge in [-0.25, -0.2) is 0 Å². The van der Waals surface area contributed by atoms with Gasteiger partial charge in [0.1, 0.15) is 19.0 Å². The van der Waals surface area contributed by atoms with E-state index >= 15 is 0 Å². The van der Waals surface area contributed by atoms with Crippen LogP contribution in [0.3, 0.4) is 0 Å². The largest absolute Gasteiger partial charge is 0.496 e. The third-order valence-corrected chi connectivity index (χ3v) is 5.54. The Bertz CT molecular complexity index is 1170. The van der Waals surface area contributed by atoms with Gasteiger partial charge < -0.3 is 19.5 Å². The number of ether oxygens (including phenoxy) is 3. The first-order valence-corrected chi connectivity index (χ1v) is 11.0. The molecular weight excluding hydrogens is 414 g/mol. The van der Waals surface area contributed by atoms with Gasteiger partial charge in [-0.3, -0.25) is 4.79 Å². The normalized spacial score (nSPS) is 13.4. The van der Waals surface area contributed by atoms with Crippen molar-refractivity contribution in [1.82, 2.24) is 0 Å². The molecule has 0 fully saturated rings. The van der Waals surface area contributed by atoms with Crippen molar-refractivity contribution in [1.29, 1.82) is 0 Å². The maximum Gasteiger partial charge on any atom is 0.249 e. The number of amides is 1. The second-order valence-electron chi connectivity index (χ2n) is 8.93. The molecule has 1 aliphatic rings. The highest BCUT2D eigenvalue weighted by Gasteiger charge is 2.17. The van der Waals surface area contributed by atoms with E-state index in [9.17, 15) is 4.79 Å². The third kappa shape index (κ3) is 5.20. The van der Waals surface area contributed by atoms with Crippen LogP contribution < -0.4 is 19.5 Å². The van der Waals surface area contributed by atoms with Gasteiger partial charge in [0.25, 0.3) is 0 Å². The maximum absolute atomic E-state index is 13.1. The van der Waals surface area contributed by atoms with Crippen molar-refractivity contribution in [3.63, 3.8) is 0 Å². The van der Waals surface area contributed by atoms with Crippen LogP contribution in [0.1, 0.15) is 37.5 Å². The van der Waals surface area contributed by atoms with Crippen LogP contribution in [0.2, 0.25) is 0 Å². The minimum atomic E-state index is -0.243. The van der Waals surface area contributed by atoms with Gasteiger partial charge in [-0.2, -0.15) is 0 Å². The number of carbonyl (C=O) groups excluding carboxylic acids is 1. The van der Waals surface area contributed by atoms with Crippen molar-refractivity contribution in [2.75, 3.05) is 25.6 Å². The van der Waals surface area contributed by atoms with Gasteiger partial charge in [-0.1, -0.05) is 63.2 Å². The Morgan fingerprint density at radius 3 is 2.33 bits per heavy atom. The minimum absolute atomic E-state index is 0.0441. The number of anilines is 1. The molecule has 0 radical (unpaired) electrons. The van der Waals surface area contributed by atoms with E-state index in [0.29, 0.717) is 36.1 Å². The summed E-state index contributed by atoms with van der Waals surface area (Å²) in [6.07, 6.45) is 1.61. The van der Waals surface area contributed by atoms with E-state index in [0.717, 1.165) is 16.7 Å². The Kier molecular flexibility index (Phi) is 6.40. The van der Waals surface area contributed by atoms with Gasteiger partial charge in [-0.15, -0.1) is 0 Å². The average molecular weight is 444 g/mol. The Balaban J connectivity index is 1.69. The van der Waals surface area contributed by atoms with E-state index in [1.807, 2.05) is 24.3 Å². The zero-order valence-electron chi connectivity index (χ0n) is 19.5. The third-order valence-electron chi connectivity index (χ3n) is 5.54. The molecule has 0 saturated heterocycles. The number of carbonyl (C=O) groups is 1. The summed E-state index contributed by atoms with van der Waals surface area (Å²) in [4.78, 5) is 13.1. The quantitative estimate of drug-likeness (QED) is 0.504. The lowest BCUT2D eigenvalue weighted by molar-refractivity contribution is -0.111. The van der Waals surface area contributed by atoms with E-state index in [4.69, 9.17) is 14.2 Å². The van der Waals surface area contributed by atoms with E-state index in [1.54, 1.807) is 31.4 Å². The first-order valence-electron chi connectivity index (χ1n) is 11.0. The molecule has 33 heavy (non-hydrogen) atoms. The standard InChI is InChI=1S/C28H29NO4/c1-28(2,3)20-11-9-19(10-12-20)23(22-7-5-6-8-24(22)31-4)18-27(30)29-21-13-14-25-26(17-21)33-16-15-32-25/h5-14,17-18H,15-16H2,1-4H3,(H,29,30)/b23-18+. The molecule has 1 N–H and O–H groups in total. The second-order valence-corrected chi connectivity index (χ2v) is 8.93. The van der Waals surface area contributed by atoms with Crippen LogP contribution in [0.15, 0.2) is 72.8 Å². The summed E-state index contributed by atoms with van der Waals surface area (Å²) < 4.78 is 16.8. The Labute approximate surface area is 195 Å². The number of methoxy groups -OCH3 is 1. The van der Waals surface area contributed by atoms with Crippen molar-refractivity contribution in [2.45, 2.75) is 26.2 Å². The molecule has 0 aromatic heterocycles. The Hall–Kier alpha value is -3.73. The summed E-state index contributed by atoms with van der Waals surface area (Å²) >= 11 is 0. The fourth-order valence-electron chi connectivity index (χ4n) is 3.76. The number of fused-ring (bicyclic) bond motifs is 1. The Morgan fingerprint density at radius 2 is 1.64 bits per heavy atom. The van der Waals surface area contributed by atoms with E-state index in [-0.39, 0.29) is 11.3 Å². The molecule has 0 saturated carbocycles. The molecule has 1 aliphatic heterocycles. The summed E-state index contributed by atoms with van der Waals surface area (Å²) in [7, 11) is 1.63. The van der Waals surface area contributed by atoms with Gasteiger partial charge in [0.15, 0.2) is 11.5 Å². The lowest BCUT2D eigenvalue weighted by atomic mass is 9.85. The van der Waals surface area contributed by atoms with Crippen LogP contribution in [0.25, 0.3) is 5.57 Å². The summed E-state index contributed by atoms with van der Waals surface area (Å²) in [6, 6.07) is 21.4. The monoisotopic (exact) mass is 443 g/mol. The molecule has 0 bridgehead atoms. The SMILES string of the molecule is COc1ccccc1/C(=C/C(=O)Nc1ccc2c(c1)OCCO2)c1ccc(C(C)(C)C)cc1. The molecule has 3 aromatic carbocycles. The van der Waals surface area contributed by atoms with Crippen LogP contribution in [-0.2, 0) is 10.2 Å². The molecule has 0 unspecified atom stereocenters. The molecule has 0 aliphatic carbocycles. The molecule has 170 valence electrons. The summed E-state index contributed by atoms with van der Waals surface area (Å²) in [5, 5.41) is 2.94. The predicted octanol–water partition coefficient (Wildman–Crippen LogP) is 5.83. The minimum Gasteiger partial charge on any atom is -0.496 e. The van der Waals surface area contributed by atoms with Crippen molar-refractivity contribution < 1.29 is 19.0 Å². The number of hydrogen-bond donors (Lipinski definition) is 1. The predicted molar refractivity (Wildman–Crippen MR) is 131 cm³/mol. The Morgan fingerprint density at radius 1 is 0.939 bits per heavy atom. The molecule has 4 rings (SSSR count). The molecule has 3 aromatic rings. The van der Waals surface area contributed by atoms with Crippen molar-refractivity contribution in [3.05, 3.63) is 89.5 Å².